The molecule has 3 nitrogen and oxygen atoms in total. The summed E-state index contributed by atoms with van der Waals surface area (Å²) in [4.78, 5) is 0. The van der Waals surface area contributed by atoms with Crippen molar-refractivity contribution in [3.05, 3.63) is 24.3 Å². The average molecular weight is 240 g/mol. The zero-order chi connectivity index (χ0) is 13.1. The number of phenols is 1. The van der Waals surface area contributed by atoms with Gasteiger partial charge in [-0.2, -0.15) is 0 Å². The van der Waals surface area contributed by atoms with E-state index in [4.69, 9.17) is 14.6 Å². The number of benzene rings is 1. The molecule has 98 valence electrons. The van der Waals surface area contributed by atoms with Crippen LogP contribution in [-0.4, -0.2) is 18.0 Å². The fourth-order valence-corrected chi connectivity index (χ4v) is 1.32. The van der Waals surface area contributed by atoms with Crippen molar-refractivity contribution < 1.29 is 14.6 Å². The number of hydrogen-bond donors (Lipinski definition) is 1. The molecular weight excluding hydrogens is 216 g/mol. The zero-order valence-electron chi connectivity index (χ0n) is 11.3. The lowest BCUT2D eigenvalue weighted by Gasteiger charge is -2.12. The molecule has 0 saturated carbocycles. The Balaban J connectivity index is 0.000000581. The van der Waals surface area contributed by atoms with Gasteiger partial charge in [0.1, 0.15) is 11.5 Å². The Morgan fingerprint density at radius 2 is 1.71 bits per heavy atom. The molecule has 1 aliphatic rings. The third-order valence-electron chi connectivity index (χ3n) is 1.99. The first-order valence-electron chi connectivity index (χ1n) is 6.42. The van der Waals surface area contributed by atoms with Crippen LogP contribution in [0, 0.1) is 0 Å². The van der Waals surface area contributed by atoms with Gasteiger partial charge in [-0.3, -0.25) is 0 Å². The monoisotopic (exact) mass is 240 g/mol. The van der Waals surface area contributed by atoms with Crippen molar-refractivity contribution >= 4 is 0 Å². The molecule has 1 N–H and O–H groups in total. The van der Waals surface area contributed by atoms with Crippen LogP contribution >= 0.6 is 0 Å². The topological polar surface area (TPSA) is 38.7 Å². The maximum absolute atomic E-state index is 9.03. The van der Waals surface area contributed by atoms with Gasteiger partial charge in [-0.1, -0.05) is 27.7 Å². The van der Waals surface area contributed by atoms with E-state index in [1.54, 1.807) is 24.3 Å². The fourth-order valence-electron chi connectivity index (χ4n) is 1.32. The third kappa shape index (κ3) is 6.17. The molecule has 17 heavy (non-hydrogen) atoms. The molecule has 0 aliphatic carbocycles. The van der Waals surface area contributed by atoms with Gasteiger partial charge in [0.15, 0.2) is 6.29 Å². The Bertz CT molecular complexity index is 263. The van der Waals surface area contributed by atoms with Crippen LogP contribution in [0.5, 0.6) is 11.5 Å². The maximum atomic E-state index is 9.03. The zero-order valence-corrected chi connectivity index (χ0v) is 11.3. The van der Waals surface area contributed by atoms with Crippen LogP contribution in [0.25, 0.3) is 0 Å². The lowest BCUT2D eigenvalue weighted by Crippen LogP contribution is -2.13. The van der Waals surface area contributed by atoms with Gasteiger partial charge in [0.2, 0.25) is 0 Å². The molecule has 0 amide bonds. The Kier molecular flexibility index (Phi) is 9.25. The maximum Gasteiger partial charge on any atom is 0.199 e. The molecule has 1 fully saturated rings. The van der Waals surface area contributed by atoms with Crippen molar-refractivity contribution in [1.82, 2.24) is 0 Å². The van der Waals surface area contributed by atoms with E-state index in [1.165, 1.54) is 0 Å². The van der Waals surface area contributed by atoms with Crippen molar-refractivity contribution in [1.29, 1.82) is 0 Å². The molecule has 0 aromatic heterocycles. The number of rotatable bonds is 2. The molecule has 2 rings (SSSR count). The second-order valence-corrected chi connectivity index (χ2v) is 3.05. The van der Waals surface area contributed by atoms with E-state index in [-0.39, 0.29) is 12.0 Å². The Labute approximate surface area is 104 Å². The van der Waals surface area contributed by atoms with Gasteiger partial charge in [0.05, 0.1) is 6.61 Å². The second-order valence-electron chi connectivity index (χ2n) is 3.05. The second kappa shape index (κ2) is 9.97. The summed E-state index contributed by atoms with van der Waals surface area (Å²) < 4.78 is 10.8. The lowest BCUT2D eigenvalue weighted by atomic mass is 10.3. The molecule has 1 heterocycles. The minimum absolute atomic E-state index is 0.107. The molecular formula is C14H24O3. The number of phenolic OH excluding ortho intramolecular Hbond substituents is 1. The van der Waals surface area contributed by atoms with Crippen molar-refractivity contribution in [2.24, 2.45) is 0 Å². The molecule has 1 aromatic carbocycles. The Morgan fingerprint density at radius 1 is 1.12 bits per heavy atom. The summed E-state index contributed by atoms with van der Waals surface area (Å²) in [7, 11) is 0. The van der Waals surface area contributed by atoms with Gasteiger partial charge in [-0.15, -0.1) is 0 Å². The molecule has 1 aliphatic heterocycles. The summed E-state index contributed by atoms with van der Waals surface area (Å²) in [6, 6.07) is 6.67. The van der Waals surface area contributed by atoms with E-state index in [1.807, 2.05) is 27.7 Å². The average Bonchev–Trinajstić information content (AvgIpc) is 2.90. The third-order valence-corrected chi connectivity index (χ3v) is 1.99. The van der Waals surface area contributed by atoms with Crippen LogP contribution in [-0.2, 0) is 4.74 Å². The highest BCUT2D eigenvalue weighted by atomic mass is 16.7. The molecule has 0 spiro atoms. The van der Waals surface area contributed by atoms with E-state index < -0.39 is 0 Å². The van der Waals surface area contributed by atoms with Gasteiger partial charge < -0.3 is 14.6 Å². The van der Waals surface area contributed by atoms with Crippen molar-refractivity contribution in [2.75, 3.05) is 6.61 Å². The first-order valence-corrected chi connectivity index (χ1v) is 6.42. The molecule has 3 heteroatoms. The molecule has 1 saturated heterocycles. The standard InChI is InChI=1S/C10H12O3.2C2H6/c11-8-3-5-9(6-4-8)13-10-2-1-7-12-10;2*1-2/h3-6,10-11H,1-2,7H2;2*1-2H3/t10-;;/m0../s1. The first kappa shape index (κ1) is 15.8. The molecule has 1 atom stereocenters. The van der Waals surface area contributed by atoms with Crippen LogP contribution in [0.1, 0.15) is 40.5 Å². The van der Waals surface area contributed by atoms with E-state index in [0.717, 1.165) is 25.2 Å². The van der Waals surface area contributed by atoms with Gasteiger partial charge >= 0.3 is 0 Å². The number of hydrogen-bond acceptors (Lipinski definition) is 3. The van der Waals surface area contributed by atoms with Gasteiger partial charge in [-0.25, -0.2) is 0 Å². The predicted octanol–water partition coefficient (Wildman–Crippen LogP) is 3.96. The highest BCUT2D eigenvalue weighted by molar-refractivity contribution is 5.30. The van der Waals surface area contributed by atoms with E-state index >= 15 is 0 Å². The minimum atomic E-state index is -0.107. The van der Waals surface area contributed by atoms with Gasteiger partial charge in [0, 0.05) is 6.42 Å². The van der Waals surface area contributed by atoms with Crippen molar-refractivity contribution in [2.45, 2.75) is 46.8 Å². The van der Waals surface area contributed by atoms with E-state index in [9.17, 15) is 0 Å². The van der Waals surface area contributed by atoms with Crippen LogP contribution in [0.4, 0.5) is 0 Å². The highest BCUT2D eigenvalue weighted by Crippen LogP contribution is 2.21. The normalized spacial score (nSPS) is 17.3. The van der Waals surface area contributed by atoms with E-state index in [0.29, 0.717) is 0 Å². The van der Waals surface area contributed by atoms with Crippen LogP contribution in [0.3, 0.4) is 0 Å². The van der Waals surface area contributed by atoms with Crippen LogP contribution < -0.4 is 4.74 Å². The Hall–Kier alpha value is -1.22. The van der Waals surface area contributed by atoms with E-state index in [2.05, 4.69) is 0 Å². The summed E-state index contributed by atoms with van der Waals surface area (Å²) in [5.74, 6) is 0.990. The molecule has 1 aromatic rings. The predicted molar refractivity (Wildman–Crippen MR) is 70.4 cm³/mol. The van der Waals surface area contributed by atoms with Gasteiger partial charge in [-0.05, 0) is 30.7 Å². The summed E-state index contributed by atoms with van der Waals surface area (Å²) in [6.45, 7) is 8.78. The lowest BCUT2D eigenvalue weighted by molar-refractivity contribution is -0.0390. The summed E-state index contributed by atoms with van der Waals surface area (Å²) in [5.41, 5.74) is 0. The minimum Gasteiger partial charge on any atom is -0.508 e. The van der Waals surface area contributed by atoms with Crippen LogP contribution in [0.15, 0.2) is 24.3 Å². The van der Waals surface area contributed by atoms with Crippen molar-refractivity contribution in [3.8, 4) is 11.5 Å². The molecule has 0 unspecified atom stereocenters. The van der Waals surface area contributed by atoms with Crippen LogP contribution in [0.2, 0.25) is 0 Å². The highest BCUT2D eigenvalue weighted by Gasteiger charge is 2.16. The first-order chi connectivity index (χ1) is 8.34. The largest absolute Gasteiger partial charge is 0.508 e. The summed E-state index contributed by atoms with van der Waals surface area (Å²) in [6.07, 6.45) is 1.90. The quantitative estimate of drug-likeness (QED) is 0.850. The summed E-state index contributed by atoms with van der Waals surface area (Å²) >= 11 is 0. The summed E-state index contributed by atoms with van der Waals surface area (Å²) in [5, 5.41) is 9.03. The molecule has 0 radical (unpaired) electrons. The van der Waals surface area contributed by atoms with Gasteiger partial charge in [0.25, 0.3) is 0 Å². The number of ether oxygens (including phenoxy) is 2. The number of aromatic hydroxyl groups is 1. The Morgan fingerprint density at radius 3 is 2.18 bits per heavy atom. The SMILES string of the molecule is CC.CC.Oc1ccc(O[C@H]2CCCO2)cc1. The fraction of sp³-hybridized carbons (Fsp3) is 0.571. The molecule has 0 bridgehead atoms. The van der Waals surface area contributed by atoms with Crippen molar-refractivity contribution in [3.63, 3.8) is 0 Å². The smallest absolute Gasteiger partial charge is 0.199 e.